The molecule has 2 aliphatic rings. The van der Waals surface area contributed by atoms with Crippen LogP contribution in [0.25, 0.3) is 11.0 Å². The van der Waals surface area contributed by atoms with Gasteiger partial charge in [-0.05, 0) is 44.2 Å². The maximum atomic E-state index is 12.0. The maximum Gasteiger partial charge on any atom is 0.222 e. The highest BCUT2D eigenvalue weighted by atomic mass is 16.1. The monoisotopic (exact) mass is 381 g/mol. The number of nitrogens with zero attached hydrogens (tertiary/aromatic N) is 4. The number of anilines is 2. The Morgan fingerprint density at radius 1 is 0.929 bits per heavy atom. The van der Waals surface area contributed by atoms with E-state index in [0.29, 0.717) is 0 Å². The first-order valence-electron chi connectivity index (χ1n) is 10.7. The number of rotatable bonds is 4. The average Bonchev–Trinajstić information content (AvgIpc) is 2.74. The molecule has 2 aliphatic heterocycles. The van der Waals surface area contributed by atoms with E-state index in [2.05, 4.69) is 15.1 Å². The molecule has 2 saturated heterocycles. The topological polar surface area (TPSA) is 61.4 Å². The van der Waals surface area contributed by atoms with Crippen LogP contribution < -0.4 is 15.1 Å². The van der Waals surface area contributed by atoms with Crippen molar-refractivity contribution < 1.29 is 4.79 Å². The molecule has 2 aromatic rings. The van der Waals surface area contributed by atoms with E-state index in [1.54, 1.807) is 0 Å². The first-order valence-corrected chi connectivity index (χ1v) is 10.7. The second kappa shape index (κ2) is 8.33. The van der Waals surface area contributed by atoms with Gasteiger partial charge in [0.05, 0.1) is 11.0 Å². The number of carbonyl (C=O) groups excluding carboxylic acids is 1. The number of nitrogens with one attached hydrogen (secondary N) is 1. The molecule has 0 radical (unpaired) electrons. The van der Waals surface area contributed by atoms with Crippen LogP contribution in [0, 0.1) is 5.92 Å². The number of hydrogen-bond acceptors (Lipinski definition) is 5. The maximum absolute atomic E-state index is 12.0. The fourth-order valence-corrected chi connectivity index (χ4v) is 4.11. The van der Waals surface area contributed by atoms with Crippen LogP contribution in [-0.4, -0.2) is 48.1 Å². The zero-order valence-electron chi connectivity index (χ0n) is 17.0. The predicted molar refractivity (Wildman–Crippen MR) is 114 cm³/mol. The molecule has 1 aromatic heterocycles. The van der Waals surface area contributed by atoms with Gasteiger partial charge in [-0.15, -0.1) is 0 Å². The largest absolute Gasteiger partial charge is 0.354 e. The van der Waals surface area contributed by atoms with Crippen molar-refractivity contribution in [2.24, 2.45) is 5.92 Å². The van der Waals surface area contributed by atoms with Gasteiger partial charge in [-0.1, -0.05) is 26.0 Å². The summed E-state index contributed by atoms with van der Waals surface area (Å²) < 4.78 is 0. The van der Waals surface area contributed by atoms with E-state index in [9.17, 15) is 4.79 Å². The molecule has 150 valence electrons. The summed E-state index contributed by atoms with van der Waals surface area (Å²) in [4.78, 5) is 26.8. The Hall–Kier alpha value is -2.37. The molecule has 1 aromatic carbocycles. The van der Waals surface area contributed by atoms with Crippen molar-refractivity contribution in [2.45, 2.75) is 52.0 Å². The van der Waals surface area contributed by atoms with Crippen molar-refractivity contribution in [1.82, 2.24) is 15.3 Å². The first-order chi connectivity index (χ1) is 13.6. The highest BCUT2D eigenvalue weighted by Crippen LogP contribution is 2.31. The molecule has 3 heterocycles. The van der Waals surface area contributed by atoms with Gasteiger partial charge in [-0.3, -0.25) is 4.79 Å². The third-order valence-corrected chi connectivity index (χ3v) is 5.86. The summed E-state index contributed by atoms with van der Waals surface area (Å²) in [5.74, 6) is 2.23. The van der Waals surface area contributed by atoms with Crippen LogP contribution in [0.5, 0.6) is 0 Å². The molecular formula is C22H31N5O. The minimum Gasteiger partial charge on any atom is -0.354 e. The molecule has 0 bridgehead atoms. The van der Waals surface area contributed by atoms with Crippen LogP contribution in [0.4, 0.5) is 11.6 Å². The molecular weight excluding hydrogens is 350 g/mol. The summed E-state index contributed by atoms with van der Waals surface area (Å²) in [5, 5.41) is 3.19. The quantitative estimate of drug-likeness (QED) is 0.880. The fraction of sp³-hybridized carbons (Fsp3) is 0.591. The van der Waals surface area contributed by atoms with Gasteiger partial charge in [0, 0.05) is 38.1 Å². The van der Waals surface area contributed by atoms with E-state index in [1.807, 2.05) is 38.1 Å². The van der Waals surface area contributed by atoms with Gasteiger partial charge < -0.3 is 15.1 Å². The van der Waals surface area contributed by atoms with Crippen LogP contribution in [0.3, 0.4) is 0 Å². The molecule has 1 N–H and O–H groups in total. The van der Waals surface area contributed by atoms with Crippen LogP contribution >= 0.6 is 0 Å². The van der Waals surface area contributed by atoms with Crippen LogP contribution in [-0.2, 0) is 4.79 Å². The lowest BCUT2D eigenvalue weighted by molar-refractivity contribution is -0.124. The Morgan fingerprint density at radius 2 is 1.46 bits per heavy atom. The molecule has 0 atom stereocenters. The number of para-hydroxylation sites is 2. The first kappa shape index (κ1) is 19.0. The number of hydrogen-bond donors (Lipinski definition) is 1. The number of amides is 1. The van der Waals surface area contributed by atoms with E-state index in [0.717, 1.165) is 61.7 Å². The van der Waals surface area contributed by atoms with Gasteiger partial charge in [-0.25, -0.2) is 9.97 Å². The molecule has 1 amide bonds. The number of fused-ring (bicyclic) bond motifs is 1. The SMILES string of the molecule is CC(C)C(=O)NC1CCN(c2nc3ccccc3nc2N2CCCCC2)CC1. The molecule has 0 unspecified atom stereocenters. The number of benzene rings is 1. The molecule has 0 aliphatic carbocycles. The lowest BCUT2D eigenvalue weighted by Gasteiger charge is -2.36. The zero-order chi connectivity index (χ0) is 19.5. The van der Waals surface area contributed by atoms with Crippen molar-refractivity contribution in [2.75, 3.05) is 36.0 Å². The van der Waals surface area contributed by atoms with Crippen molar-refractivity contribution in [3.8, 4) is 0 Å². The number of carbonyl (C=O) groups is 1. The molecule has 0 spiro atoms. The molecule has 6 heteroatoms. The Bertz CT molecular complexity index is 823. The summed E-state index contributed by atoms with van der Waals surface area (Å²) in [7, 11) is 0. The van der Waals surface area contributed by atoms with Crippen molar-refractivity contribution in [3.05, 3.63) is 24.3 Å². The van der Waals surface area contributed by atoms with Crippen LogP contribution in [0.1, 0.15) is 46.0 Å². The van der Waals surface area contributed by atoms with Crippen molar-refractivity contribution >= 4 is 28.6 Å². The molecule has 0 saturated carbocycles. The summed E-state index contributed by atoms with van der Waals surface area (Å²) in [5.41, 5.74) is 1.92. The minimum absolute atomic E-state index is 0.0371. The Balaban J connectivity index is 1.56. The van der Waals surface area contributed by atoms with Gasteiger partial charge in [0.1, 0.15) is 0 Å². The Labute approximate surface area is 167 Å². The van der Waals surface area contributed by atoms with Gasteiger partial charge in [0.15, 0.2) is 11.6 Å². The van der Waals surface area contributed by atoms with Crippen molar-refractivity contribution in [1.29, 1.82) is 0 Å². The normalized spacial score (nSPS) is 18.7. The Morgan fingerprint density at radius 3 is 2.00 bits per heavy atom. The summed E-state index contributed by atoms with van der Waals surface area (Å²) in [6, 6.07) is 8.40. The third kappa shape index (κ3) is 4.05. The predicted octanol–water partition coefficient (Wildman–Crippen LogP) is 3.36. The second-order valence-electron chi connectivity index (χ2n) is 8.33. The second-order valence-corrected chi connectivity index (χ2v) is 8.33. The summed E-state index contributed by atoms with van der Waals surface area (Å²) >= 11 is 0. The number of piperidine rings is 2. The molecule has 6 nitrogen and oxygen atoms in total. The molecule has 4 rings (SSSR count). The van der Waals surface area contributed by atoms with Gasteiger partial charge in [0.2, 0.25) is 5.91 Å². The van der Waals surface area contributed by atoms with Crippen LogP contribution in [0.15, 0.2) is 24.3 Å². The van der Waals surface area contributed by atoms with E-state index < -0.39 is 0 Å². The van der Waals surface area contributed by atoms with Gasteiger partial charge >= 0.3 is 0 Å². The Kier molecular flexibility index (Phi) is 5.64. The molecule has 2 fully saturated rings. The highest BCUT2D eigenvalue weighted by molar-refractivity contribution is 5.81. The summed E-state index contributed by atoms with van der Waals surface area (Å²) in [6.45, 7) is 7.80. The van der Waals surface area contributed by atoms with Crippen LogP contribution in [0.2, 0.25) is 0 Å². The third-order valence-electron chi connectivity index (χ3n) is 5.86. The van der Waals surface area contributed by atoms with E-state index in [4.69, 9.17) is 9.97 Å². The smallest absolute Gasteiger partial charge is 0.222 e. The minimum atomic E-state index is 0.0371. The van der Waals surface area contributed by atoms with Gasteiger partial charge in [-0.2, -0.15) is 0 Å². The number of aromatic nitrogens is 2. The van der Waals surface area contributed by atoms with E-state index >= 15 is 0 Å². The van der Waals surface area contributed by atoms with Gasteiger partial charge in [0.25, 0.3) is 0 Å². The fourth-order valence-electron chi connectivity index (χ4n) is 4.11. The lowest BCUT2D eigenvalue weighted by atomic mass is 10.0. The highest BCUT2D eigenvalue weighted by Gasteiger charge is 2.27. The van der Waals surface area contributed by atoms with E-state index in [1.165, 1.54) is 19.3 Å². The summed E-state index contributed by atoms with van der Waals surface area (Å²) in [6.07, 6.45) is 5.64. The zero-order valence-corrected chi connectivity index (χ0v) is 17.0. The molecule has 28 heavy (non-hydrogen) atoms. The standard InChI is InChI=1S/C22H31N5O/c1-16(2)22(28)23-17-10-14-27(15-11-17)21-20(26-12-6-3-7-13-26)24-18-8-4-5-9-19(18)25-21/h4-5,8-9,16-17H,3,6-7,10-15H2,1-2H3,(H,23,28). The lowest BCUT2D eigenvalue weighted by Crippen LogP contribution is -2.46. The average molecular weight is 382 g/mol. The van der Waals surface area contributed by atoms with Crippen molar-refractivity contribution in [3.63, 3.8) is 0 Å². The van der Waals surface area contributed by atoms with E-state index in [-0.39, 0.29) is 17.9 Å².